The van der Waals surface area contributed by atoms with Gasteiger partial charge in [0.15, 0.2) is 0 Å². The fourth-order valence-electron chi connectivity index (χ4n) is 1.76. The molecule has 3 rings (SSSR count). The smallest absolute Gasteiger partial charge is 0.275 e. The number of nitrogens with zero attached hydrogens (tertiary/aromatic N) is 4. The van der Waals surface area contributed by atoms with Crippen molar-refractivity contribution in [1.29, 1.82) is 0 Å². The summed E-state index contributed by atoms with van der Waals surface area (Å²) in [6.07, 6.45) is 6.38. The van der Waals surface area contributed by atoms with Gasteiger partial charge >= 0.3 is 0 Å². The average molecular weight is 323 g/mol. The Kier molecular flexibility index (Phi) is 4.58. The summed E-state index contributed by atoms with van der Waals surface area (Å²) < 4.78 is 0. The van der Waals surface area contributed by atoms with Gasteiger partial charge in [0.1, 0.15) is 15.7 Å². The Balaban J connectivity index is 1.72. The number of hydrogen-bond acceptors (Lipinski definition) is 6. The molecule has 0 aliphatic heterocycles. The monoisotopic (exact) mass is 323 g/mol. The topological polar surface area (TPSA) is 80.7 Å². The fourth-order valence-corrected chi connectivity index (χ4v) is 2.54. The van der Waals surface area contributed by atoms with Gasteiger partial charge in [0.05, 0.1) is 11.9 Å². The van der Waals surface area contributed by atoms with Crippen molar-refractivity contribution in [3.05, 3.63) is 66.5 Å². The molecule has 7 heteroatoms. The van der Waals surface area contributed by atoms with E-state index in [2.05, 4.69) is 25.3 Å². The molecule has 3 aromatic heterocycles. The van der Waals surface area contributed by atoms with E-state index < -0.39 is 0 Å². The Labute approximate surface area is 137 Å². The molecule has 0 atom stereocenters. The summed E-state index contributed by atoms with van der Waals surface area (Å²) >= 11 is 1.43. The first-order chi connectivity index (χ1) is 11.2. The van der Waals surface area contributed by atoms with E-state index in [4.69, 9.17) is 0 Å². The van der Waals surface area contributed by atoms with Gasteiger partial charge in [0, 0.05) is 24.3 Å². The third-order valence-corrected chi connectivity index (χ3v) is 3.74. The Morgan fingerprint density at radius 2 is 1.87 bits per heavy atom. The highest BCUT2D eigenvalue weighted by molar-refractivity contribution is 7.99. The molecule has 3 aromatic rings. The lowest BCUT2D eigenvalue weighted by Crippen LogP contribution is -2.14. The molecule has 0 bridgehead atoms. The Hall–Kier alpha value is -2.80. The maximum atomic E-state index is 12.1. The minimum atomic E-state index is -0.308. The zero-order valence-corrected chi connectivity index (χ0v) is 13.1. The van der Waals surface area contributed by atoms with E-state index >= 15 is 0 Å². The minimum absolute atomic E-state index is 0.270. The standard InChI is InChI=1S/C16H13N5OS/c1-11-9-20-13(10-19-11)16(22)21-12-5-7-18-15(8-12)23-14-4-2-3-6-17-14/h2-10H,1H3,(H,18,21,22). The van der Waals surface area contributed by atoms with Gasteiger partial charge < -0.3 is 5.32 Å². The van der Waals surface area contributed by atoms with Crippen molar-refractivity contribution in [1.82, 2.24) is 19.9 Å². The SMILES string of the molecule is Cc1cnc(C(=O)Nc2ccnc(Sc3ccccn3)c2)cn1. The van der Waals surface area contributed by atoms with Crippen molar-refractivity contribution in [3.63, 3.8) is 0 Å². The maximum absolute atomic E-state index is 12.1. The third kappa shape index (κ3) is 4.10. The zero-order chi connectivity index (χ0) is 16.1. The number of aryl methyl sites for hydroxylation is 1. The molecule has 1 N–H and O–H groups in total. The molecule has 6 nitrogen and oxygen atoms in total. The summed E-state index contributed by atoms with van der Waals surface area (Å²) in [5.74, 6) is -0.308. The fraction of sp³-hybridized carbons (Fsp3) is 0.0625. The second-order valence-electron chi connectivity index (χ2n) is 4.65. The van der Waals surface area contributed by atoms with Crippen LogP contribution in [-0.4, -0.2) is 25.8 Å². The quantitative estimate of drug-likeness (QED) is 0.795. The van der Waals surface area contributed by atoms with Crippen LogP contribution in [0.2, 0.25) is 0 Å². The van der Waals surface area contributed by atoms with E-state index in [-0.39, 0.29) is 11.6 Å². The van der Waals surface area contributed by atoms with E-state index in [1.54, 1.807) is 30.7 Å². The molecule has 0 aromatic carbocycles. The largest absolute Gasteiger partial charge is 0.320 e. The van der Waals surface area contributed by atoms with Crippen LogP contribution >= 0.6 is 11.8 Å². The summed E-state index contributed by atoms with van der Waals surface area (Å²) in [4.78, 5) is 28.8. The summed E-state index contributed by atoms with van der Waals surface area (Å²) in [5.41, 5.74) is 1.68. The molecule has 3 heterocycles. The van der Waals surface area contributed by atoms with Gasteiger partial charge in [0.2, 0.25) is 0 Å². The van der Waals surface area contributed by atoms with E-state index in [1.807, 2.05) is 25.1 Å². The molecular formula is C16H13N5OS. The summed E-state index contributed by atoms with van der Waals surface area (Å²) in [6.45, 7) is 1.82. The van der Waals surface area contributed by atoms with Crippen molar-refractivity contribution >= 4 is 23.4 Å². The molecule has 0 radical (unpaired) electrons. The van der Waals surface area contributed by atoms with Gasteiger partial charge in [0.25, 0.3) is 5.91 Å². The Morgan fingerprint density at radius 3 is 2.61 bits per heavy atom. The molecule has 0 aliphatic rings. The van der Waals surface area contributed by atoms with Crippen molar-refractivity contribution in [2.75, 3.05) is 5.32 Å². The van der Waals surface area contributed by atoms with Gasteiger partial charge in [-0.25, -0.2) is 15.0 Å². The van der Waals surface area contributed by atoms with Crippen LogP contribution in [0.3, 0.4) is 0 Å². The number of amides is 1. The summed E-state index contributed by atoms with van der Waals surface area (Å²) in [7, 11) is 0. The van der Waals surface area contributed by atoms with E-state index in [0.717, 1.165) is 15.7 Å². The lowest BCUT2D eigenvalue weighted by molar-refractivity contribution is 0.102. The molecule has 0 aliphatic carbocycles. The first kappa shape index (κ1) is 15.1. The van der Waals surface area contributed by atoms with Crippen molar-refractivity contribution in [2.45, 2.75) is 17.0 Å². The van der Waals surface area contributed by atoms with Crippen LogP contribution in [0.4, 0.5) is 5.69 Å². The number of aromatic nitrogens is 4. The third-order valence-electron chi connectivity index (χ3n) is 2.85. The number of carbonyl (C=O) groups is 1. The lowest BCUT2D eigenvalue weighted by Gasteiger charge is -2.06. The molecule has 1 amide bonds. The molecule has 0 saturated heterocycles. The highest BCUT2D eigenvalue weighted by Gasteiger charge is 2.09. The highest BCUT2D eigenvalue weighted by Crippen LogP contribution is 2.25. The van der Waals surface area contributed by atoms with Crippen LogP contribution < -0.4 is 5.32 Å². The van der Waals surface area contributed by atoms with Crippen LogP contribution in [-0.2, 0) is 0 Å². The first-order valence-electron chi connectivity index (χ1n) is 6.85. The molecule has 0 unspecified atom stereocenters. The summed E-state index contributed by atoms with van der Waals surface area (Å²) in [6, 6.07) is 9.19. The Bertz CT molecular complexity index is 808. The van der Waals surface area contributed by atoms with Crippen molar-refractivity contribution in [2.24, 2.45) is 0 Å². The summed E-state index contributed by atoms with van der Waals surface area (Å²) in [5, 5.41) is 4.38. The maximum Gasteiger partial charge on any atom is 0.275 e. The number of hydrogen-bond donors (Lipinski definition) is 1. The van der Waals surface area contributed by atoms with E-state index in [0.29, 0.717) is 5.69 Å². The van der Waals surface area contributed by atoms with Crippen LogP contribution in [0.15, 0.2) is 65.2 Å². The predicted octanol–water partition coefficient (Wildman–Crippen LogP) is 2.98. The molecule has 23 heavy (non-hydrogen) atoms. The normalized spacial score (nSPS) is 10.3. The molecule has 0 spiro atoms. The lowest BCUT2D eigenvalue weighted by atomic mass is 10.3. The van der Waals surface area contributed by atoms with Gasteiger partial charge in [-0.1, -0.05) is 17.8 Å². The minimum Gasteiger partial charge on any atom is -0.320 e. The van der Waals surface area contributed by atoms with Crippen molar-refractivity contribution < 1.29 is 4.79 Å². The highest BCUT2D eigenvalue weighted by atomic mass is 32.2. The van der Waals surface area contributed by atoms with Gasteiger partial charge in [-0.05, 0) is 31.2 Å². The number of anilines is 1. The van der Waals surface area contributed by atoms with Crippen LogP contribution in [0.5, 0.6) is 0 Å². The van der Waals surface area contributed by atoms with Gasteiger partial charge in [-0.15, -0.1) is 0 Å². The van der Waals surface area contributed by atoms with Gasteiger partial charge in [-0.3, -0.25) is 9.78 Å². The second-order valence-corrected chi connectivity index (χ2v) is 5.69. The van der Waals surface area contributed by atoms with Crippen LogP contribution in [0.25, 0.3) is 0 Å². The number of nitrogens with one attached hydrogen (secondary N) is 1. The Morgan fingerprint density at radius 1 is 1.00 bits per heavy atom. The molecular weight excluding hydrogens is 310 g/mol. The van der Waals surface area contributed by atoms with E-state index in [9.17, 15) is 4.79 Å². The van der Waals surface area contributed by atoms with Crippen LogP contribution in [0.1, 0.15) is 16.2 Å². The van der Waals surface area contributed by atoms with Gasteiger partial charge in [-0.2, -0.15) is 0 Å². The molecule has 114 valence electrons. The van der Waals surface area contributed by atoms with Crippen LogP contribution in [0, 0.1) is 6.92 Å². The first-order valence-corrected chi connectivity index (χ1v) is 7.67. The number of pyridine rings is 2. The predicted molar refractivity (Wildman–Crippen MR) is 87.3 cm³/mol. The molecule has 0 saturated carbocycles. The van der Waals surface area contributed by atoms with E-state index in [1.165, 1.54) is 18.0 Å². The number of rotatable bonds is 4. The average Bonchev–Trinajstić information content (AvgIpc) is 2.57. The number of carbonyl (C=O) groups excluding carboxylic acids is 1. The second kappa shape index (κ2) is 6.97. The molecule has 0 fully saturated rings. The van der Waals surface area contributed by atoms with Crippen molar-refractivity contribution in [3.8, 4) is 0 Å². The zero-order valence-electron chi connectivity index (χ0n) is 12.3.